The number of phenols is 1. The molecular formula is C30H37Br2N5O5. The second kappa shape index (κ2) is 13.6. The highest BCUT2D eigenvalue weighted by molar-refractivity contribution is 9.11. The molecule has 2 N–H and O–H groups in total. The maximum atomic E-state index is 13.7. The maximum Gasteiger partial charge on any atom is 0.410 e. The second-order valence-corrected chi connectivity index (χ2v) is 12.7. The highest BCUT2D eigenvalue weighted by Gasteiger charge is 2.35. The Morgan fingerprint density at radius 2 is 1.67 bits per heavy atom. The third kappa shape index (κ3) is 7.03. The van der Waals surface area contributed by atoms with E-state index in [0.29, 0.717) is 54.5 Å². The minimum atomic E-state index is -0.998. The van der Waals surface area contributed by atoms with Crippen LogP contribution < -0.4 is 5.32 Å². The number of ether oxygens (including phenoxy) is 1. The minimum Gasteiger partial charge on any atom is -0.506 e. The first-order valence-corrected chi connectivity index (χ1v) is 16.1. The van der Waals surface area contributed by atoms with Crippen molar-refractivity contribution in [1.82, 2.24) is 19.6 Å². The number of phenolic OH excluding ortho intramolecular Hbond substituents is 1. The summed E-state index contributed by atoms with van der Waals surface area (Å²) >= 11 is 6.71. The highest BCUT2D eigenvalue weighted by Crippen LogP contribution is 2.34. The number of nitrogens with zero attached hydrogens (tertiary/aromatic N) is 4. The van der Waals surface area contributed by atoms with Gasteiger partial charge in [-0.3, -0.25) is 4.79 Å². The van der Waals surface area contributed by atoms with E-state index in [4.69, 9.17) is 4.74 Å². The van der Waals surface area contributed by atoms with Gasteiger partial charge in [0.2, 0.25) is 0 Å². The van der Waals surface area contributed by atoms with E-state index in [1.807, 2.05) is 29.2 Å². The Morgan fingerprint density at radius 1 is 1.00 bits per heavy atom. The second-order valence-electron chi connectivity index (χ2n) is 11.0. The van der Waals surface area contributed by atoms with Gasteiger partial charge in [0.1, 0.15) is 5.75 Å². The molecule has 0 saturated carbocycles. The van der Waals surface area contributed by atoms with Gasteiger partial charge in [0.25, 0.3) is 5.91 Å². The lowest BCUT2D eigenvalue weighted by atomic mass is 10.0. The van der Waals surface area contributed by atoms with Crippen LogP contribution in [0.2, 0.25) is 0 Å². The van der Waals surface area contributed by atoms with E-state index >= 15 is 0 Å². The number of carbonyl (C=O) groups is 3. The fourth-order valence-electron chi connectivity index (χ4n) is 5.91. The molecule has 0 bridgehead atoms. The average molecular weight is 707 g/mol. The van der Waals surface area contributed by atoms with Crippen molar-refractivity contribution in [1.29, 1.82) is 0 Å². The van der Waals surface area contributed by atoms with Gasteiger partial charge in [-0.1, -0.05) is 25.1 Å². The maximum absolute atomic E-state index is 13.7. The number of rotatable bonds is 6. The van der Waals surface area contributed by atoms with Gasteiger partial charge in [-0.05, 0) is 87.0 Å². The molecule has 3 aliphatic heterocycles. The fraction of sp³-hybridized carbons (Fsp3) is 0.500. The normalized spacial score (nSPS) is 19.1. The van der Waals surface area contributed by atoms with E-state index in [1.165, 1.54) is 0 Å². The Balaban J connectivity index is 1.23. The van der Waals surface area contributed by atoms with Crippen molar-refractivity contribution < 1.29 is 24.2 Å². The molecule has 0 aliphatic carbocycles. The summed E-state index contributed by atoms with van der Waals surface area (Å²) in [5.74, 6) is -0.144. The van der Waals surface area contributed by atoms with Gasteiger partial charge >= 0.3 is 12.1 Å². The molecule has 2 aromatic carbocycles. The SMILES string of the molecule is CCN1CCN(C(=O)[C@@H](Cc2cc(Br)c(O)c(Br)c2)OC(=O)N2CCC(N3CCc4ccccc4NC3=O)CC2)CC1. The fourth-order valence-corrected chi connectivity index (χ4v) is 7.19. The molecule has 0 unspecified atom stereocenters. The van der Waals surface area contributed by atoms with E-state index in [1.54, 1.807) is 21.9 Å². The van der Waals surface area contributed by atoms with E-state index < -0.39 is 12.2 Å². The molecule has 10 nitrogen and oxygen atoms in total. The van der Waals surface area contributed by atoms with E-state index in [2.05, 4.69) is 49.0 Å². The van der Waals surface area contributed by atoms with Gasteiger partial charge in [0, 0.05) is 64.0 Å². The lowest BCUT2D eigenvalue weighted by Crippen LogP contribution is -2.53. The summed E-state index contributed by atoms with van der Waals surface area (Å²) in [4.78, 5) is 47.6. The number of likely N-dealkylation sites (N-methyl/N-ethyl adjacent to an activating group) is 1. The van der Waals surface area contributed by atoms with Crippen LogP contribution in [0.15, 0.2) is 45.3 Å². The van der Waals surface area contributed by atoms with Crippen LogP contribution in [-0.4, -0.2) is 107 Å². The zero-order valence-corrected chi connectivity index (χ0v) is 26.9. The molecule has 226 valence electrons. The number of piperazine rings is 1. The van der Waals surface area contributed by atoms with Gasteiger partial charge in [-0.15, -0.1) is 0 Å². The molecule has 42 heavy (non-hydrogen) atoms. The van der Waals surface area contributed by atoms with Crippen LogP contribution in [0.25, 0.3) is 0 Å². The molecule has 2 fully saturated rings. The topological polar surface area (TPSA) is 106 Å². The summed E-state index contributed by atoms with van der Waals surface area (Å²) in [6.45, 7) is 7.25. The molecule has 0 radical (unpaired) electrons. The number of benzene rings is 2. The van der Waals surface area contributed by atoms with Crippen molar-refractivity contribution in [2.75, 3.05) is 57.7 Å². The van der Waals surface area contributed by atoms with Crippen LogP contribution in [0.4, 0.5) is 15.3 Å². The number of amides is 4. The van der Waals surface area contributed by atoms with Crippen LogP contribution >= 0.6 is 31.9 Å². The monoisotopic (exact) mass is 705 g/mol. The summed E-state index contributed by atoms with van der Waals surface area (Å²) in [7, 11) is 0. The molecule has 5 rings (SSSR count). The summed E-state index contributed by atoms with van der Waals surface area (Å²) in [6, 6.07) is 11.2. The lowest BCUT2D eigenvalue weighted by Gasteiger charge is -2.38. The Kier molecular flexibility index (Phi) is 9.95. The van der Waals surface area contributed by atoms with Crippen molar-refractivity contribution in [3.63, 3.8) is 0 Å². The van der Waals surface area contributed by atoms with Crippen LogP contribution in [-0.2, 0) is 22.4 Å². The van der Waals surface area contributed by atoms with Gasteiger partial charge in [0.15, 0.2) is 6.10 Å². The van der Waals surface area contributed by atoms with Crippen molar-refractivity contribution in [2.45, 2.75) is 44.8 Å². The molecule has 2 aromatic rings. The number of halogens is 2. The van der Waals surface area contributed by atoms with Crippen LogP contribution in [0, 0.1) is 0 Å². The number of hydrogen-bond acceptors (Lipinski definition) is 6. The number of urea groups is 1. The number of anilines is 1. The Bertz CT molecular complexity index is 1290. The molecule has 0 aromatic heterocycles. The zero-order valence-electron chi connectivity index (χ0n) is 23.7. The number of carbonyl (C=O) groups excluding carboxylic acids is 3. The molecule has 4 amide bonds. The molecular weight excluding hydrogens is 670 g/mol. The molecule has 3 aliphatic rings. The quantitative estimate of drug-likeness (QED) is 0.452. The van der Waals surface area contributed by atoms with Crippen molar-refractivity contribution >= 4 is 55.6 Å². The van der Waals surface area contributed by atoms with Crippen molar-refractivity contribution in [3.8, 4) is 5.75 Å². The highest BCUT2D eigenvalue weighted by atomic mass is 79.9. The molecule has 0 spiro atoms. The Morgan fingerprint density at radius 3 is 2.33 bits per heavy atom. The summed E-state index contributed by atoms with van der Waals surface area (Å²) < 4.78 is 6.91. The standard InChI is InChI=1S/C30H37Br2N5O5/c1-2-34-13-15-35(16-14-34)28(39)26(19-20-17-23(31)27(38)24(32)18-20)42-30(41)36-10-8-22(9-11-36)37-12-7-21-5-3-4-6-25(21)33-29(37)40/h3-6,17-18,22,26,38H,2,7-16,19H2,1H3,(H,33,40)/t26-/m1/s1. The summed E-state index contributed by atoms with van der Waals surface area (Å²) in [6.07, 6.45) is 0.700. The Hall–Kier alpha value is -2.83. The summed E-state index contributed by atoms with van der Waals surface area (Å²) in [5, 5.41) is 13.2. The number of aromatic hydroxyl groups is 1. The molecule has 3 heterocycles. The summed E-state index contributed by atoms with van der Waals surface area (Å²) in [5.41, 5.74) is 2.72. The van der Waals surface area contributed by atoms with Gasteiger partial charge in [-0.25, -0.2) is 9.59 Å². The van der Waals surface area contributed by atoms with Crippen molar-refractivity contribution in [2.24, 2.45) is 0 Å². The van der Waals surface area contributed by atoms with Gasteiger partial charge in [-0.2, -0.15) is 0 Å². The number of likely N-dealkylation sites (tertiary alicyclic amines) is 1. The van der Waals surface area contributed by atoms with E-state index in [0.717, 1.165) is 42.9 Å². The third-order valence-corrected chi connectivity index (χ3v) is 9.66. The predicted molar refractivity (Wildman–Crippen MR) is 167 cm³/mol. The first kappa shape index (κ1) is 30.6. The molecule has 12 heteroatoms. The van der Waals surface area contributed by atoms with E-state index in [-0.39, 0.29) is 30.2 Å². The smallest absolute Gasteiger partial charge is 0.410 e. The number of nitrogens with one attached hydrogen (secondary N) is 1. The van der Waals surface area contributed by atoms with Crippen LogP contribution in [0.1, 0.15) is 30.9 Å². The first-order chi connectivity index (χ1) is 20.2. The third-order valence-electron chi connectivity index (χ3n) is 8.45. The lowest BCUT2D eigenvalue weighted by molar-refractivity contribution is -0.142. The molecule has 1 atom stereocenters. The number of para-hydroxylation sites is 1. The predicted octanol–water partition coefficient (Wildman–Crippen LogP) is 4.68. The van der Waals surface area contributed by atoms with Gasteiger partial charge < -0.3 is 34.8 Å². The van der Waals surface area contributed by atoms with E-state index in [9.17, 15) is 19.5 Å². The first-order valence-electron chi connectivity index (χ1n) is 14.5. The largest absolute Gasteiger partial charge is 0.506 e. The number of hydrogen-bond donors (Lipinski definition) is 2. The number of piperidine rings is 1. The van der Waals surface area contributed by atoms with Crippen LogP contribution in [0.5, 0.6) is 5.75 Å². The average Bonchev–Trinajstić information content (AvgIpc) is 3.17. The Labute approximate surface area is 263 Å². The van der Waals surface area contributed by atoms with Gasteiger partial charge in [0.05, 0.1) is 8.95 Å². The number of fused-ring (bicyclic) bond motifs is 1. The molecule has 2 saturated heterocycles. The van der Waals surface area contributed by atoms with Crippen LogP contribution in [0.3, 0.4) is 0 Å². The zero-order chi connectivity index (χ0) is 29.8. The minimum absolute atomic E-state index is 0.0161. The van der Waals surface area contributed by atoms with Crippen molar-refractivity contribution in [3.05, 3.63) is 56.5 Å².